The second-order valence-electron chi connectivity index (χ2n) is 3.77. The molecule has 1 heteroatoms. The van der Waals surface area contributed by atoms with E-state index < -0.39 is 0 Å². The van der Waals surface area contributed by atoms with E-state index in [9.17, 15) is 5.11 Å². The summed E-state index contributed by atoms with van der Waals surface area (Å²) in [5, 5.41) is 9.31. The van der Waals surface area contributed by atoms with Gasteiger partial charge in [-0.25, -0.2) is 0 Å². The topological polar surface area (TPSA) is 20.2 Å². The van der Waals surface area contributed by atoms with Crippen molar-refractivity contribution >= 4 is 0 Å². The van der Waals surface area contributed by atoms with Crippen LogP contribution in [0.1, 0.15) is 33.1 Å². The molecule has 0 aromatic rings. The Morgan fingerprint density at radius 2 is 2.42 bits per heavy atom. The maximum atomic E-state index is 9.31. The minimum Gasteiger partial charge on any atom is -0.389 e. The summed E-state index contributed by atoms with van der Waals surface area (Å²) in [7, 11) is 0. The first-order valence-corrected chi connectivity index (χ1v) is 4.63. The summed E-state index contributed by atoms with van der Waals surface area (Å²) >= 11 is 0. The van der Waals surface area contributed by atoms with Crippen molar-refractivity contribution in [1.29, 1.82) is 0 Å². The SMILES string of the molecule is C=C(C)C1CC=C(C(C)O)CC1. The largest absolute Gasteiger partial charge is 0.389 e. The number of hydrogen-bond acceptors (Lipinski definition) is 1. The van der Waals surface area contributed by atoms with Crippen LogP contribution in [0.3, 0.4) is 0 Å². The van der Waals surface area contributed by atoms with E-state index in [1.54, 1.807) is 0 Å². The van der Waals surface area contributed by atoms with E-state index in [4.69, 9.17) is 0 Å². The first-order chi connectivity index (χ1) is 5.61. The van der Waals surface area contributed by atoms with E-state index in [0.717, 1.165) is 19.3 Å². The van der Waals surface area contributed by atoms with Gasteiger partial charge in [0.15, 0.2) is 0 Å². The molecule has 0 saturated heterocycles. The quantitative estimate of drug-likeness (QED) is 0.625. The minimum absolute atomic E-state index is 0.254. The Balaban J connectivity index is 2.53. The Morgan fingerprint density at radius 3 is 2.75 bits per heavy atom. The third kappa shape index (κ3) is 2.21. The molecular weight excluding hydrogens is 148 g/mol. The number of allylic oxidation sites excluding steroid dienone is 2. The van der Waals surface area contributed by atoms with Gasteiger partial charge in [-0.3, -0.25) is 0 Å². The summed E-state index contributed by atoms with van der Waals surface area (Å²) in [6.45, 7) is 7.89. The Morgan fingerprint density at radius 1 is 1.75 bits per heavy atom. The highest BCUT2D eigenvalue weighted by atomic mass is 16.3. The van der Waals surface area contributed by atoms with Crippen LogP contribution < -0.4 is 0 Å². The van der Waals surface area contributed by atoms with Crippen LogP contribution in [-0.4, -0.2) is 11.2 Å². The van der Waals surface area contributed by atoms with Crippen LogP contribution >= 0.6 is 0 Å². The lowest BCUT2D eigenvalue weighted by atomic mass is 9.84. The fraction of sp³-hybridized carbons (Fsp3) is 0.636. The second-order valence-corrected chi connectivity index (χ2v) is 3.77. The zero-order valence-corrected chi connectivity index (χ0v) is 8.01. The highest BCUT2D eigenvalue weighted by Gasteiger charge is 2.16. The molecule has 0 saturated carbocycles. The highest BCUT2D eigenvalue weighted by molar-refractivity contribution is 5.14. The standard InChI is InChI=1S/C11H18O/c1-8(2)10-4-6-11(7-5-10)9(3)12/h6,9-10,12H,1,4-5,7H2,2-3H3. The zero-order chi connectivity index (χ0) is 9.14. The van der Waals surface area contributed by atoms with Gasteiger partial charge < -0.3 is 5.11 Å². The molecule has 1 nitrogen and oxygen atoms in total. The van der Waals surface area contributed by atoms with Crippen molar-refractivity contribution in [2.75, 3.05) is 0 Å². The Labute approximate surface area is 74.8 Å². The van der Waals surface area contributed by atoms with Gasteiger partial charge in [-0.2, -0.15) is 0 Å². The predicted molar refractivity (Wildman–Crippen MR) is 51.9 cm³/mol. The Bertz CT molecular complexity index is 201. The lowest BCUT2D eigenvalue weighted by Crippen LogP contribution is -2.13. The molecule has 68 valence electrons. The fourth-order valence-electron chi connectivity index (χ4n) is 1.68. The molecule has 0 radical (unpaired) electrons. The lowest BCUT2D eigenvalue weighted by Gasteiger charge is -2.23. The van der Waals surface area contributed by atoms with Crippen LogP contribution in [0, 0.1) is 5.92 Å². The van der Waals surface area contributed by atoms with E-state index in [-0.39, 0.29) is 6.10 Å². The van der Waals surface area contributed by atoms with Crippen LogP contribution in [0.15, 0.2) is 23.8 Å². The molecule has 12 heavy (non-hydrogen) atoms. The normalized spacial score (nSPS) is 26.2. The van der Waals surface area contributed by atoms with Crippen molar-refractivity contribution in [3.8, 4) is 0 Å². The van der Waals surface area contributed by atoms with Crippen LogP contribution in [0.25, 0.3) is 0 Å². The summed E-state index contributed by atoms with van der Waals surface area (Å²) in [5.74, 6) is 0.646. The third-order valence-electron chi connectivity index (χ3n) is 2.68. The van der Waals surface area contributed by atoms with E-state index in [2.05, 4.69) is 19.6 Å². The van der Waals surface area contributed by atoms with Gasteiger partial charge in [0, 0.05) is 0 Å². The first-order valence-electron chi connectivity index (χ1n) is 4.63. The van der Waals surface area contributed by atoms with Crippen molar-refractivity contribution in [2.45, 2.75) is 39.2 Å². The first kappa shape index (κ1) is 9.53. The minimum atomic E-state index is -0.254. The highest BCUT2D eigenvalue weighted by Crippen LogP contribution is 2.29. The van der Waals surface area contributed by atoms with Crippen LogP contribution in [0.2, 0.25) is 0 Å². The molecule has 1 aliphatic rings. The molecule has 0 aromatic carbocycles. The molecule has 1 aliphatic carbocycles. The number of rotatable bonds is 2. The fourth-order valence-corrected chi connectivity index (χ4v) is 1.68. The van der Waals surface area contributed by atoms with Gasteiger partial charge >= 0.3 is 0 Å². The molecule has 2 unspecified atom stereocenters. The van der Waals surface area contributed by atoms with Crippen LogP contribution in [-0.2, 0) is 0 Å². The van der Waals surface area contributed by atoms with Crippen molar-refractivity contribution in [1.82, 2.24) is 0 Å². The maximum absolute atomic E-state index is 9.31. The van der Waals surface area contributed by atoms with E-state index in [1.165, 1.54) is 11.1 Å². The average Bonchev–Trinajstić information content (AvgIpc) is 2.04. The smallest absolute Gasteiger partial charge is 0.0721 e. The van der Waals surface area contributed by atoms with Crippen molar-refractivity contribution in [3.05, 3.63) is 23.8 Å². The molecule has 0 fully saturated rings. The number of hydrogen-bond donors (Lipinski definition) is 1. The molecule has 0 spiro atoms. The molecule has 0 amide bonds. The van der Waals surface area contributed by atoms with E-state index in [0.29, 0.717) is 5.92 Å². The van der Waals surface area contributed by atoms with E-state index in [1.807, 2.05) is 6.92 Å². The van der Waals surface area contributed by atoms with Crippen molar-refractivity contribution in [2.24, 2.45) is 5.92 Å². The van der Waals surface area contributed by atoms with Crippen LogP contribution in [0.5, 0.6) is 0 Å². The summed E-state index contributed by atoms with van der Waals surface area (Å²) in [5.41, 5.74) is 2.48. The summed E-state index contributed by atoms with van der Waals surface area (Å²) in [4.78, 5) is 0. The monoisotopic (exact) mass is 166 g/mol. The molecule has 1 N–H and O–H groups in total. The molecule has 0 bridgehead atoms. The molecule has 2 atom stereocenters. The van der Waals surface area contributed by atoms with Gasteiger partial charge in [0.1, 0.15) is 0 Å². The molecule has 0 aliphatic heterocycles. The molecule has 0 aromatic heterocycles. The summed E-state index contributed by atoms with van der Waals surface area (Å²) in [6, 6.07) is 0. The Hall–Kier alpha value is -0.560. The maximum Gasteiger partial charge on any atom is 0.0721 e. The van der Waals surface area contributed by atoms with Gasteiger partial charge in [-0.1, -0.05) is 18.2 Å². The van der Waals surface area contributed by atoms with Gasteiger partial charge in [-0.15, -0.1) is 0 Å². The summed E-state index contributed by atoms with van der Waals surface area (Å²) < 4.78 is 0. The Kier molecular flexibility index (Phi) is 3.10. The van der Waals surface area contributed by atoms with Crippen LogP contribution in [0.4, 0.5) is 0 Å². The third-order valence-corrected chi connectivity index (χ3v) is 2.68. The van der Waals surface area contributed by atoms with Gasteiger partial charge in [0.2, 0.25) is 0 Å². The number of aliphatic hydroxyl groups is 1. The van der Waals surface area contributed by atoms with E-state index >= 15 is 0 Å². The average molecular weight is 166 g/mol. The predicted octanol–water partition coefficient (Wildman–Crippen LogP) is 2.67. The second kappa shape index (κ2) is 3.90. The molecule has 1 rings (SSSR count). The molecule has 0 heterocycles. The zero-order valence-electron chi connectivity index (χ0n) is 8.01. The van der Waals surface area contributed by atoms with Gasteiger partial charge in [0.05, 0.1) is 6.10 Å². The molecular formula is C11H18O. The van der Waals surface area contributed by atoms with Gasteiger partial charge in [-0.05, 0) is 44.6 Å². The lowest BCUT2D eigenvalue weighted by molar-refractivity contribution is 0.222. The van der Waals surface area contributed by atoms with Gasteiger partial charge in [0.25, 0.3) is 0 Å². The van der Waals surface area contributed by atoms with Crippen molar-refractivity contribution in [3.63, 3.8) is 0 Å². The van der Waals surface area contributed by atoms with Crippen molar-refractivity contribution < 1.29 is 5.11 Å². The summed E-state index contributed by atoms with van der Waals surface area (Å²) in [6.07, 6.45) is 5.18. The number of aliphatic hydroxyl groups excluding tert-OH is 1.